The molecule has 1 atom stereocenters. The van der Waals surface area contributed by atoms with Crippen LogP contribution in [-0.4, -0.2) is 26.1 Å². The van der Waals surface area contributed by atoms with Gasteiger partial charge in [-0.25, -0.2) is 4.98 Å². The Bertz CT molecular complexity index is 1680. The summed E-state index contributed by atoms with van der Waals surface area (Å²) in [4.78, 5) is 14.8. The highest BCUT2D eigenvalue weighted by molar-refractivity contribution is 6.09. The molecule has 1 aliphatic heterocycles. The minimum absolute atomic E-state index is 0.378. The van der Waals surface area contributed by atoms with Crippen LogP contribution in [0.4, 0.5) is 0 Å². The number of rotatable bonds is 4. The summed E-state index contributed by atoms with van der Waals surface area (Å²) < 4.78 is 2.16. The summed E-state index contributed by atoms with van der Waals surface area (Å²) in [6.45, 7) is 0.929. The minimum atomic E-state index is 0.378. The van der Waals surface area contributed by atoms with Gasteiger partial charge in [-0.15, -0.1) is 0 Å². The molecule has 6 aromatic rings. The first-order chi connectivity index (χ1) is 17.8. The molecule has 1 unspecified atom stereocenters. The second-order valence-corrected chi connectivity index (χ2v) is 9.02. The van der Waals surface area contributed by atoms with Crippen LogP contribution in [0.5, 0.6) is 0 Å². The molecule has 36 heavy (non-hydrogen) atoms. The zero-order chi connectivity index (χ0) is 23.9. The van der Waals surface area contributed by atoms with Crippen molar-refractivity contribution in [3.8, 4) is 28.7 Å². The summed E-state index contributed by atoms with van der Waals surface area (Å²) in [7, 11) is 0. The van der Waals surface area contributed by atoms with Crippen molar-refractivity contribution >= 4 is 21.8 Å². The van der Waals surface area contributed by atoms with Gasteiger partial charge in [0.1, 0.15) is 0 Å². The lowest BCUT2D eigenvalue weighted by molar-refractivity contribution is 0.815. The van der Waals surface area contributed by atoms with E-state index in [0.29, 0.717) is 23.5 Å². The summed E-state index contributed by atoms with van der Waals surface area (Å²) in [6.07, 6.45) is 4.27. The van der Waals surface area contributed by atoms with Gasteiger partial charge in [-0.2, -0.15) is 9.97 Å². The molecule has 7 rings (SSSR count). The number of benzene rings is 4. The zero-order valence-corrected chi connectivity index (χ0v) is 19.5. The predicted octanol–water partition coefficient (Wildman–Crippen LogP) is 6.50. The Kier molecular flexibility index (Phi) is 4.84. The van der Waals surface area contributed by atoms with Crippen LogP contribution in [0.1, 0.15) is 11.5 Å². The largest absolute Gasteiger partial charge is 0.390 e. The molecular weight excluding hydrogens is 442 g/mol. The fraction of sp³-hybridized carbons (Fsp3) is 0.0645. The average Bonchev–Trinajstić information content (AvgIpc) is 3.60. The van der Waals surface area contributed by atoms with Gasteiger partial charge in [0.15, 0.2) is 11.6 Å². The normalized spacial score (nSPS) is 14.9. The molecule has 5 heteroatoms. The Morgan fingerprint density at radius 2 is 1.28 bits per heavy atom. The van der Waals surface area contributed by atoms with Crippen LogP contribution in [0.2, 0.25) is 0 Å². The van der Waals surface area contributed by atoms with E-state index in [-0.39, 0.29) is 0 Å². The van der Waals surface area contributed by atoms with Gasteiger partial charge in [0, 0.05) is 34.4 Å². The molecule has 0 radical (unpaired) electrons. The molecule has 0 amide bonds. The van der Waals surface area contributed by atoms with E-state index in [2.05, 4.69) is 58.4 Å². The van der Waals surface area contributed by atoms with Crippen molar-refractivity contribution in [1.82, 2.24) is 24.8 Å². The van der Waals surface area contributed by atoms with Crippen molar-refractivity contribution in [2.75, 3.05) is 6.54 Å². The Morgan fingerprint density at radius 3 is 1.94 bits per heavy atom. The molecule has 1 N–H and O–H groups in total. The second kappa shape index (κ2) is 8.47. The van der Waals surface area contributed by atoms with E-state index >= 15 is 0 Å². The van der Waals surface area contributed by atoms with Gasteiger partial charge in [0.05, 0.1) is 11.0 Å². The van der Waals surface area contributed by atoms with Crippen molar-refractivity contribution in [3.63, 3.8) is 0 Å². The smallest absolute Gasteiger partial charge is 0.238 e. The minimum Gasteiger partial charge on any atom is -0.390 e. The number of nitrogens with zero attached hydrogens (tertiary/aromatic N) is 4. The summed E-state index contributed by atoms with van der Waals surface area (Å²) in [6, 6.07) is 35.4. The maximum absolute atomic E-state index is 4.99. The van der Waals surface area contributed by atoms with Gasteiger partial charge in [-0.1, -0.05) is 91.0 Å². The van der Waals surface area contributed by atoms with E-state index in [1.807, 2.05) is 66.9 Å². The van der Waals surface area contributed by atoms with Crippen LogP contribution in [0.25, 0.3) is 50.5 Å². The van der Waals surface area contributed by atoms with Gasteiger partial charge in [0.25, 0.3) is 0 Å². The van der Waals surface area contributed by atoms with Crippen molar-refractivity contribution in [3.05, 3.63) is 121 Å². The van der Waals surface area contributed by atoms with E-state index < -0.39 is 0 Å². The third kappa shape index (κ3) is 3.45. The number of aromatic nitrogens is 4. The lowest BCUT2D eigenvalue weighted by Gasteiger charge is -2.11. The van der Waals surface area contributed by atoms with Gasteiger partial charge in [0.2, 0.25) is 5.95 Å². The predicted molar refractivity (Wildman–Crippen MR) is 145 cm³/mol. The topological polar surface area (TPSA) is 55.6 Å². The molecule has 2 aromatic heterocycles. The van der Waals surface area contributed by atoms with E-state index in [1.165, 1.54) is 16.3 Å². The standard InChI is InChI=1S/C31H23N5/c1-3-9-21(10-4-1)29-33-30(22-11-5-2-6-12-22)35-31(34-29)36-27-14-8-7-13-25(27)26-19-23(15-16-28(26)36)24-17-18-32-20-24/h1-19,24,32H,20H2. The third-order valence-electron chi connectivity index (χ3n) is 6.80. The van der Waals surface area contributed by atoms with Crippen LogP contribution in [0, 0.1) is 0 Å². The summed E-state index contributed by atoms with van der Waals surface area (Å²) in [5.41, 5.74) is 5.38. The molecule has 4 aromatic carbocycles. The number of fused-ring (bicyclic) bond motifs is 3. The second-order valence-electron chi connectivity index (χ2n) is 9.02. The number of nitrogens with one attached hydrogen (secondary N) is 1. The lowest BCUT2D eigenvalue weighted by Crippen LogP contribution is -2.07. The summed E-state index contributed by atoms with van der Waals surface area (Å²) in [5.74, 6) is 2.31. The lowest BCUT2D eigenvalue weighted by atomic mass is 9.98. The third-order valence-corrected chi connectivity index (χ3v) is 6.80. The first kappa shape index (κ1) is 20.6. The summed E-state index contributed by atoms with van der Waals surface area (Å²) >= 11 is 0. The van der Waals surface area contributed by atoms with Crippen LogP contribution in [0.3, 0.4) is 0 Å². The van der Waals surface area contributed by atoms with Gasteiger partial charge < -0.3 is 5.32 Å². The Morgan fingerprint density at radius 1 is 0.639 bits per heavy atom. The summed E-state index contributed by atoms with van der Waals surface area (Å²) in [5, 5.41) is 5.71. The van der Waals surface area contributed by atoms with Crippen LogP contribution < -0.4 is 5.32 Å². The first-order valence-electron chi connectivity index (χ1n) is 12.2. The number of hydrogen-bond acceptors (Lipinski definition) is 4. The fourth-order valence-corrected chi connectivity index (χ4v) is 5.01. The molecule has 0 aliphatic carbocycles. The monoisotopic (exact) mass is 465 g/mol. The van der Waals surface area contributed by atoms with E-state index in [4.69, 9.17) is 15.0 Å². The molecule has 0 fully saturated rings. The van der Waals surface area contributed by atoms with E-state index in [0.717, 1.165) is 28.7 Å². The Hall–Kier alpha value is -4.77. The molecule has 0 bridgehead atoms. The molecule has 0 saturated heterocycles. The van der Waals surface area contributed by atoms with E-state index in [1.54, 1.807) is 0 Å². The maximum Gasteiger partial charge on any atom is 0.238 e. The van der Waals surface area contributed by atoms with Gasteiger partial charge >= 0.3 is 0 Å². The van der Waals surface area contributed by atoms with Gasteiger partial charge in [-0.3, -0.25) is 4.57 Å². The highest BCUT2D eigenvalue weighted by Gasteiger charge is 2.19. The molecule has 0 spiro atoms. The average molecular weight is 466 g/mol. The van der Waals surface area contributed by atoms with Crippen molar-refractivity contribution in [1.29, 1.82) is 0 Å². The zero-order valence-electron chi connectivity index (χ0n) is 19.5. The molecule has 5 nitrogen and oxygen atoms in total. The molecular formula is C31H23N5. The first-order valence-corrected chi connectivity index (χ1v) is 12.2. The molecule has 3 heterocycles. The number of para-hydroxylation sites is 1. The van der Waals surface area contributed by atoms with Crippen molar-refractivity contribution < 1.29 is 0 Å². The fourth-order valence-electron chi connectivity index (χ4n) is 5.01. The van der Waals surface area contributed by atoms with Gasteiger partial charge in [-0.05, 0) is 30.0 Å². The Labute approximate surface area is 208 Å². The SMILES string of the molecule is C1=CC(c2ccc3c(c2)c2ccccc2n3-c2nc(-c3ccccc3)nc(-c3ccccc3)n2)CN1. The van der Waals surface area contributed by atoms with Crippen molar-refractivity contribution in [2.24, 2.45) is 0 Å². The Balaban J connectivity index is 1.50. The maximum atomic E-state index is 4.99. The highest BCUT2D eigenvalue weighted by Crippen LogP contribution is 2.34. The molecule has 172 valence electrons. The quantitative estimate of drug-likeness (QED) is 0.323. The van der Waals surface area contributed by atoms with Crippen LogP contribution >= 0.6 is 0 Å². The van der Waals surface area contributed by atoms with Crippen molar-refractivity contribution in [2.45, 2.75) is 5.92 Å². The molecule has 0 saturated carbocycles. The molecule has 1 aliphatic rings. The highest BCUT2D eigenvalue weighted by atomic mass is 15.2. The number of hydrogen-bond donors (Lipinski definition) is 1. The van der Waals surface area contributed by atoms with E-state index in [9.17, 15) is 0 Å². The van der Waals surface area contributed by atoms with Crippen LogP contribution in [0.15, 0.2) is 115 Å². The van der Waals surface area contributed by atoms with Crippen LogP contribution in [-0.2, 0) is 0 Å².